The maximum atomic E-state index is 14.7. The zero-order chi connectivity index (χ0) is 21.5. The number of aliphatic hydroxyl groups excluding tert-OH is 1. The molecule has 1 unspecified atom stereocenters. The van der Waals surface area contributed by atoms with Gasteiger partial charge in [0.25, 0.3) is 5.56 Å². The molecule has 5 N–H and O–H groups in total. The molecule has 0 radical (unpaired) electrons. The van der Waals surface area contributed by atoms with Crippen LogP contribution in [0, 0.1) is 0 Å². The highest BCUT2D eigenvalue weighted by atomic mass is 31.3. The maximum Gasteiger partial charge on any atom is 0.481 e. The van der Waals surface area contributed by atoms with Gasteiger partial charge < -0.3 is 24.5 Å². The molecule has 1 aliphatic rings. The Balaban J connectivity index is 2.29. The normalized spacial score (nSPS) is 31.3. The average Bonchev–Trinajstić information content (AvgIpc) is 2.74. The summed E-state index contributed by atoms with van der Waals surface area (Å²) >= 11 is 0. The minimum absolute atomic E-state index is 0.0205. The van der Waals surface area contributed by atoms with Gasteiger partial charge in [0.1, 0.15) is 12.7 Å². The van der Waals surface area contributed by atoms with Crippen LogP contribution in [0.4, 0.5) is 4.39 Å². The van der Waals surface area contributed by atoms with Crippen molar-refractivity contribution in [2.24, 2.45) is 0 Å². The van der Waals surface area contributed by atoms with Crippen LogP contribution in [0.5, 0.6) is 0 Å². The van der Waals surface area contributed by atoms with Gasteiger partial charge in [-0.1, -0.05) is 0 Å². The molecule has 0 spiro atoms. The second-order valence-electron chi connectivity index (χ2n) is 5.19. The molecule has 0 bridgehead atoms. The molecule has 1 fully saturated rings. The third-order valence-electron chi connectivity index (χ3n) is 3.06. The lowest BCUT2D eigenvalue weighted by atomic mass is 10.2. The van der Waals surface area contributed by atoms with Crippen molar-refractivity contribution in [3.8, 4) is 0 Å². The fourth-order valence-electron chi connectivity index (χ4n) is 2.04. The lowest BCUT2D eigenvalue weighted by Gasteiger charge is -2.22. The number of nitrogens with zero attached hydrogens (tertiary/aromatic N) is 1. The summed E-state index contributed by atoms with van der Waals surface area (Å²) in [5.74, 6) is -3.20. The van der Waals surface area contributed by atoms with Crippen molar-refractivity contribution in [3.05, 3.63) is 32.6 Å². The quantitative estimate of drug-likeness (QED) is 0.245. The molecule has 14 nitrogen and oxygen atoms in total. The summed E-state index contributed by atoms with van der Waals surface area (Å²) in [6.45, 7) is -1.54. The molecule has 2 rings (SSSR count). The van der Waals surface area contributed by atoms with Gasteiger partial charge in [0, 0.05) is 12.6 Å². The van der Waals surface area contributed by atoms with Gasteiger partial charge in [-0.05, 0) is 0 Å². The first-order valence-corrected chi connectivity index (χ1v) is 9.76. The number of halogens is 1. The van der Waals surface area contributed by atoms with Crippen LogP contribution in [0.25, 0.3) is 0 Å². The van der Waals surface area contributed by atoms with E-state index in [-0.39, 0.29) is 10.9 Å². The van der Waals surface area contributed by atoms with E-state index in [4.69, 9.17) is 16.1 Å². The van der Waals surface area contributed by atoms with Gasteiger partial charge in [-0.15, -0.1) is 0 Å². The second-order valence-corrected chi connectivity index (χ2v) is 8.02. The summed E-state index contributed by atoms with van der Waals surface area (Å²) in [6.07, 6.45) is -5.59. The number of aromatic amines is 1. The molecule has 1 aliphatic heterocycles. The zero-order valence-electron chi connectivity index (χ0n) is 13.9. The highest BCUT2D eigenvalue weighted by Crippen LogP contribution is 2.58. The van der Waals surface area contributed by atoms with E-state index >= 15 is 0 Å². The molecule has 152 valence electrons. The Bertz CT molecular complexity index is 991. The number of alkyl halides is 1. The van der Waals surface area contributed by atoms with Crippen LogP contribution in [0.2, 0.25) is 0 Å². The topological polar surface area (TPSA) is 215 Å². The number of aromatic nitrogens is 2. The number of aliphatic hydroxyl groups is 1. The van der Waals surface area contributed by atoms with E-state index < -0.39 is 63.6 Å². The number of nitrogens with one attached hydrogen (secondary N) is 1. The molecular weight excluding hydrogens is 421 g/mol. The number of hydrogen-bond donors (Lipinski definition) is 5. The van der Waals surface area contributed by atoms with Gasteiger partial charge in [-0.25, -0.2) is 18.3 Å². The summed E-state index contributed by atoms with van der Waals surface area (Å²) in [5.41, 5.74) is -3.10. The Morgan fingerprint density at radius 2 is 2.11 bits per heavy atom. The monoisotopic (exact) mass is 435 g/mol. The Hall–Kier alpha value is -1.54. The predicted octanol–water partition coefficient (Wildman–Crippen LogP) is -1.48. The van der Waals surface area contributed by atoms with Gasteiger partial charge in [0.15, 0.2) is 12.5 Å². The smallest absolute Gasteiger partial charge is 0.388 e. The van der Waals surface area contributed by atoms with Crippen LogP contribution in [-0.2, 0) is 22.7 Å². The van der Waals surface area contributed by atoms with Gasteiger partial charge >= 0.3 is 21.3 Å². The molecule has 0 amide bonds. The predicted molar refractivity (Wildman–Crippen MR) is 80.2 cm³/mol. The van der Waals surface area contributed by atoms with Crippen LogP contribution >= 0.6 is 15.6 Å². The highest BCUT2D eigenvalue weighted by Gasteiger charge is 2.50. The summed E-state index contributed by atoms with van der Waals surface area (Å²) < 4.78 is 57.0. The van der Waals surface area contributed by atoms with Crippen molar-refractivity contribution in [2.75, 3.05) is 6.61 Å². The minimum Gasteiger partial charge on any atom is -0.388 e. The fraction of sp³-hybridized carbons (Fsp3) is 0.500. The lowest BCUT2D eigenvalue weighted by Crippen LogP contribution is -2.37. The lowest BCUT2D eigenvalue weighted by molar-refractivity contribution is -0.178. The van der Waals surface area contributed by atoms with Crippen molar-refractivity contribution in [2.45, 2.75) is 24.6 Å². The molecule has 1 aromatic heterocycles. The van der Waals surface area contributed by atoms with Gasteiger partial charge in [0.2, 0.25) is 5.85 Å². The van der Waals surface area contributed by atoms with Crippen molar-refractivity contribution in [1.82, 2.24) is 9.55 Å². The average molecular weight is 435 g/mol. The van der Waals surface area contributed by atoms with E-state index in [1.165, 1.54) is 0 Å². The largest absolute Gasteiger partial charge is 0.481 e. The van der Waals surface area contributed by atoms with Crippen molar-refractivity contribution >= 4 is 21.9 Å². The molecule has 0 aliphatic carbocycles. The van der Waals surface area contributed by atoms with Crippen LogP contribution in [0.3, 0.4) is 0 Å². The first-order chi connectivity index (χ1) is 12.6. The summed E-state index contributed by atoms with van der Waals surface area (Å²) in [6, 6.07) is 0. The number of phosphoric ester groups is 1. The van der Waals surface area contributed by atoms with E-state index in [0.29, 0.717) is 6.20 Å². The number of phosphoric acid groups is 2. The van der Waals surface area contributed by atoms with Crippen LogP contribution in [0.15, 0.2) is 15.8 Å². The number of ether oxygens (including phenoxy) is 1. The molecule has 2 heterocycles. The van der Waals surface area contributed by atoms with Crippen molar-refractivity contribution < 1.29 is 53.0 Å². The third kappa shape index (κ3) is 5.48. The summed E-state index contributed by atoms with van der Waals surface area (Å²) in [4.78, 5) is 61.8. The number of carbonyl (C=O) groups excluding carboxylic acids is 1. The molecule has 1 aromatic rings. The Kier molecular flexibility index (Phi) is 5.59. The standard InChI is InChI=1S/C10H13FN2O12P2/c11-10(4-23-27(21,22)25-26(18,19)20)1-6(15)8(24-10)13-2-5(3-14)7(16)12-9(13)17/h2-3,6,8,15H,1,4H2,(H,21,22)(H,12,16,17)(H2,18,19,20)/t6-,8-,10+/m1/s1/i8D. The van der Waals surface area contributed by atoms with Crippen molar-refractivity contribution in [1.29, 1.82) is 0 Å². The van der Waals surface area contributed by atoms with E-state index in [1.54, 1.807) is 4.98 Å². The number of carbonyl (C=O) groups is 1. The molecule has 17 heteroatoms. The third-order valence-corrected chi connectivity index (χ3v) is 5.19. The second kappa shape index (κ2) is 7.47. The number of aldehydes is 1. The van der Waals surface area contributed by atoms with Crippen LogP contribution < -0.4 is 11.2 Å². The van der Waals surface area contributed by atoms with Gasteiger partial charge in [-0.3, -0.25) is 23.7 Å². The highest BCUT2D eigenvalue weighted by molar-refractivity contribution is 7.60. The SMILES string of the molecule is [2H][C@@]1(n2cc(C=O)c(=O)[nH]c2=O)O[C@](F)(COP(=O)(O)OP(=O)(O)O)C[C@H]1O. The number of rotatable bonds is 7. The Morgan fingerprint density at radius 3 is 2.67 bits per heavy atom. The van der Waals surface area contributed by atoms with E-state index in [1.807, 2.05) is 0 Å². The minimum atomic E-state index is -5.48. The summed E-state index contributed by atoms with van der Waals surface area (Å²) in [5, 5.41) is 9.98. The zero-order valence-corrected chi connectivity index (χ0v) is 14.7. The van der Waals surface area contributed by atoms with Crippen LogP contribution in [0.1, 0.15) is 24.4 Å². The van der Waals surface area contributed by atoms with Crippen molar-refractivity contribution in [3.63, 3.8) is 0 Å². The van der Waals surface area contributed by atoms with Gasteiger partial charge in [0.05, 0.1) is 6.93 Å². The van der Waals surface area contributed by atoms with Crippen LogP contribution in [-0.4, -0.2) is 54.2 Å². The molecule has 27 heavy (non-hydrogen) atoms. The van der Waals surface area contributed by atoms with E-state index in [9.17, 15) is 33.0 Å². The molecular formula is C10H13FN2O12P2. The first kappa shape index (κ1) is 20.2. The molecule has 4 atom stereocenters. The number of hydrogen-bond acceptors (Lipinski definition) is 9. The Labute approximate surface area is 149 Å². The maximum absolute atomic E-state index is 14.7. The fourth-order valence-corrected chi connectivity index (χ4v) is 3.66. The Morgan fingerprint density at radius 1 is 1.48 bits per heavy atom. The number of H-pyrrole nitrogens is 1. The molecule has 1 saturated heterocycles. The van der Waals surface area contributed by atoms with E-state index in [2.05, 4.69) is 13.6 Å². The van der Waals surface area contributed by atoms with E-state index in [0.717, 1.165) is 0 Å². The van der Waals surface area contributed by atoms with Gasteiger partial charge in [-0.2, -0.15) is 4.31 Å². The molecule has 0 saturated carbocycles. The summed E-state index contributed by atoms with van der Waals surface area (Å²) in [7, 11) is -10.9. The first-order valence-electron chi connectivity index (χ1n) is 7.24. The molecule has 0 aromatic carbocycles.